The van der Waals surface area contributed by atoms with Crippen molar-refractivity contribution in [3.63, 3.8) is 0 Å². The molecule has 0 aliphatic carbocycles. The molecule has 0 spiro atoms. The highest BCUT2D eigenvalue weighted by molar-refractivity contribution is 6.62. The Morgan fingerprint density at radius 2 is 0.731 bits per heavy atom. The lowest BCUT2D eigenvalue weighted by Gasteiger charge is -2.32. The van der Waals surface area contributed by atoms with Crippen molar-refractivity contribution in [2.24, 2.45) is 0 Å². The first-order valence-electron chi connectivity index (χ1n) is 30.4. The number of anilines is 4. The topological polar surface area (TPSA) is 166 Å². The van der Waals surface area contributed by atoms with Gasteiger partial charge in [0.25, 0.3) is 0 Å². The molecule has 444 valence electrons. The number of nitrogens with one attached hydrogen (secondary N) is 1. The van der Waals surface area contributed by atoms with E-state index < -0.39 is 0 Å². The number of piperidine rings is 3. The van der Waals surface area contributed by atoms with Crippen molar-refractivity contribution in [2.45, 2.75) is 228 Å². The molecule has 14 heteroatoms. The lowest BCUT2D eigenvalue weighted by atomic mass is 9.79. The van der Waals surface area contributed by atoms with E-state index in [-0.39, 0.29) is 18.3 Å². The van der Waals surface area contributed by atoms with Crippen LogP contribution in [0.5, 0.6) is 0 Å². The first-order chi connectivity index (χ1) is 37.8. The molecule has 5 N–H and O–H groups in total. The van der Waals surface area contributed by atoms with Crippen LogP contribution >= 0.6 is 0 Å². The molecule has 7 heterocycles. The average Bonchev–Trinajstić information content (AvgIpc) is 3.75. The van der Waals surface area contributed by atoms with Crippen LogP contribution in [-0.4, -0.2) is 87.5 Å². The van der Waals surface area contributed by atoms with E-state index in [0.29, 0.717) is 0 Å². The number of nitrogens with two attached hydrogens (primary N) is 2. The lowest BCUT2D eigenvalue weighted by Crippen LogP contribution is -2.41. The standard InChI is InChI=1S/C15H18N4.C12H18BNO2.C10H15N3.C6H8N2.C5H11N.8C2H6/c16-13-6-4-12(5-7-13)14-15(18-9-8-17-14)19-10-2-1-3-11-19;1-11(2)12(3,4)16-13(15-11)9-5-7-10(14)8-6-9;1-9-10(12-6-5-11-9)13-7-3-2-4-8-13;1-5-6(2)8-4-3-7-5;1-2-4-6-5-3-1;8*1-2/h4-9H,1-3,10-11,16H2;5-8H,14H2,1-4H3;5-6H,2-4,7-8H2,1H3;3-4H,1-2H3;6H,1-5H2;8*1-2H3. The highest BCUT2D eigenvalue weighted by Gasteiger charge is 2.51. The fraction of sp³-hybridized carbons (Fsp3) is 0.625. The maximum atomic E-state index is 5.93. The molecule has 4 aliphatic heterocycles. The summed E-state index contributed by atoms with van der Waals surface area (Å²) in [4.78, 5) is 30.4. The van der Waals surface area contributed by atoms with E-state index in [0.717, 1.165) is 83.0 Å². The van der Waals surface area contributed by atoms with Crippen molar-refractivity contribution < 1.29 is 9.31 Å². The van der Waals surface area contributed by atoms with E-state index in [1.807, 2.05) is 208 Å². The third-order valence-corrected chi connectivity index (χ3v) is 11.8. The molecule has 0 amide bonds. The van der Waals surface area contributed by atoms with Gasteiger partial charge in [0.05, 0.1) is 28.3 Å². The fourth-order valence-corrected chi connectivity index (χ4v) is 7.24. The van der Waals surface area contributed by atoms with Gasteiger partial charge in [-0.15, -0.1) is 0 Å². The summed E-state index contributed by atoms with van der Waals surface area (Å²) < 4.78 is 11.9. The molecule has 13 nitrogen and oxygen atoms in total. The number of aromatic nitrogens is 6. The van der Waals surface area contributed by atoms with Crippen molar-refractivity contribution in [3.8, 4) is 11.3 Å². The summed E-state index contributed by atoms with van der Waals surface area (Å²) in [7, 11) is -0.300. The van der Waals surface area contributed by atoms with Gasteiger partial charge < -0.3 is 35.9 Å². The first kappa shape index (κ1) is 79.3. The summed E-state index contributed by atoms with van der Waals surface area (Å²) in [5.74, 6) is 2.06. The Morgan fingerprint density at radius 1 is 0.410 bits per heavy atom. The van der Waals surface area contributed by atoms with E-state index >= 15 is 0 Å². The molecular weight excluding hydrogens is 966 g/mol. The van der Waals surface area contributed by atoms with Crippen LogP contribution in [0.1, 0.15) is 213 Å². The average molecular weight is 1080 g/mol. The van der Waals surface area contributed by atoms with Crippen LogP contribution in [0.25, 0.3) is 11.3 Å². The quantitative estimate of drug-likeness (QED) is 0.115. The van der Waals surface area contributed by atoms with Gasteiger partial charge in [-0.1, -0.05) is 141 Å². The molecule has 0 radical (unpaired) electrons. The van der Waals surface area contributed by atoms with Gasteiger partial charge in [0.2, 0.25) is 0 Å². The maximum absolute atomic E-state index is 5.93. The number of benzene rings is 2. The van der Waals surface area contributed by atoms with Crippen molar-refractivity contribution in [1.29, 1.82) is 0 Å². The van der Waals surface area contributed by atoms with E-state index in [1.165, 1.54) is 70.9 Å². The highest BCUT2D eigenvalue weighted by atomic mass is 16.7. The summed E-state index contributed by atoms with van der Waals surface area (Å²) in [5.41, 5.74) is 18.4. The van der Waals surface area contributed by atoms with Crippen molar-refractivity contribution in [3.05, 3.63) is 103 Å². The summed E-state index contributed by atoms with van der Waals surface area (Å²) in [6.07, 6.45) is 22.4. The second kappa shape index (κ2) is 51.3. The molecule has 0 saturated carbocycles. The minimum absolute atomic E-state index is 0.293. The Hall–Kier alpha value is -5.18. The first-order valence-corrected chi connectivity index (χ1v) is 30.4. The molecule has 4 fully saturated rings. The molecule has 0 atom stereocenters. The lowest BCUT2D eigenvalue weighted by molar-refractivity contribution is 0.00578. The minimum Gasteiger partial charge on any atom is -0.399 e. The molecule has 0 unspecified atom stereocenters. The molecule has 0 bridgehead atoms. The third-order valence-electron chi connectivity index (χ3n) is 11.8. The molecule has 78 heavy (non-hydrogen) atoms. The monoisotopic (exact) mass is 1080 g/mol. The van der Waals surface area contributed by atoms with Crippen LogP contribution in [0.2, 0.25) is 0 Å². The Bertz CT molecular complexity index is 2010. The molecule has 9 rings (SSSR count). The van der Waals surface area contributed by atoms with Gasteiger partial charge in [0, 0.05) is 80.3 Å². The number of nitrogen functional groups attached to an aromatic ring is 2. The van der Waals surface area contributed by atoms with E-state index in [2.05, 4.69) is 45.0 Å². The number of hydrogen-bond donors (Lipinski definition) is 3. The molecular formula is C64H118BN11O2. The Morgan fingerprint density at radius 3 is 1.08 bits per heavy atom. The normalized spacial score (nSPS) is 14.7. The van der Waals surface area contributed by atoms with Crippen LogP contribution in [0.15, 0.2) is 85.7 Å². The predicted octanol–water partition coefficient (Wildman–Crippen LogP) is 16.1. The maximum Gasteiger partial charge on any atom is 0.494 e. The van der Waals surface area contributed by atoms with E-state index in [4.69, 9.17) is 20.8 Å². The SMILES string of the molecule is C1CCNCC1.CC.CC.CC.CC.CC.CC.CC.CC.CC1(C)OB(c2ccc(N)cc2)OC1(C)C.Cc1nccnc1C.Cc1nccnc1N1CCCCC1.Nc1ccc(-c2nccnc2N2CCCCC2)cc1. The fourth-order valence-electron chi connectivity index (χ4n) is 7.24. The zero-order valence-electron chi connectivity index (χ0n) is 54.3. The van der Waals surface area contributed by atoms with Crippen LogP contribution in [0.4, 0.5) is 23.0 Å². The Labute approximate surface area is 480 Å². The number of aryl methyl sites for hydroxylation is 3. The van der Waals surface area contributed by atoms with Crippen molar-refractivity contribution in [1.82, 2.24) is 35.2 Å². The smallest absolute Gasteiger partial charge is 0.399 e. The summed E-state index contributed by atoms with van der Waals surface area (Å²) in [5, 5.41) is 3.28. The molecule has 3 aromatic heterocycles. The minimum atomic E-state index is -0.300. The summed E-state index contributed by atoms with van der Waals surface area (Å²) >= 11 is 0. The Balaban J connectivity index is -0.000000425. The van der Waals surface area contributed by atoms with Gasteiger partial charge in [-0.25, -0.2) is 9.97 Å². The van der Waals surface area contributed by atoms with E-state index in [9.17, 15) is 0 Å². The number of rotatable bonds is 4. The predicted molar refractivity (Wildman–Crippen MR) is 346 cm³/mol. The summed E-state index contributed by atoms with van der Waals surface area (Å²) in [6, 6.07) is 15.4. The number of nitrogens with zero attached hydrogens (tertiary/aromatic N) is 8. The van der Waals surface area contributed by atoms with Gasteiger partial charge in [-0.3, -0.25) is 19.9 Å². The zero-order valence-corrected chi connectivity index (χ0v) is 54.3. The van der Waals surface area contributed by atoms with Crippen molar-refractivity contribution >= 4 is 35.6 Å². The third kappa shape index (κ3) is 31.4. The van der Waals surface area contributed by atoms with Gasteiger partial charge in [-0.2, -0.15) is 0 Å². The molecule has 2 aromatic carbocycles. The van der Waals surface area contributed by atoms with Gasteiger partial charge in [0.1, 0.15) is 11.5 Å². The van der Waals surface area contributed by atoms with Crippen molar-refractivity contribution in [2.75, 3.05) is 60.5 Å². The number of hydrogen-bond acceptors (Lipinski definition) is 13. The van der Waals surface area contributed by atoms with Gasteiger partial charge in [-0.05, 0) is 143 Å². The van der Waals surface area contributed by atoms with Crippen LogP contribution in [-0.2, 0) is 9.31 Å². The van der Waals surface area contributed by atoms with Crippen LogP contribution in [0.3, 0.4) is 0 Å². The van der Waals surface area contributed by atoms with Crippen LogP contribution < -0.4 is 32.0 Å². The summed E-state index contributed by atoms with van der Waals surface area (Å²) in [6.45, 7) is 53.0. The highest BCUT2D eigenvalue weighted by Crippen LogP contribution is 2.36. The Kier molecular flexibility index (Phi) is 52.1. The van der Waals surface area contributed by atoms with Gasteiger partial charge in [0.15, 0.2) is 5.82 Å². The second-order valence-electron chi connectivity index (χ2n) is 17.2. The zero-order chi connectivity index (χ0) is 60.4. The van der Waals surface area contributed by atoms with Gasteiger partial charge >= 0.3 is 7.12 Å². The van der Waals surface area contributed by atoms with Crippen LogP contribution in [0, 0.1) is 20.8 Å². The van der Waals surface area contributed by atoms with E-state index in [1.54, 1.807) is 37.2 Å². The largest absolute Gasteiger partial charge is 0.494 e. The molecule has 5 aromatic rings. The molecule has 4 saturated heterocycles. The molecule has 4 aliphatic rings. The second-order valence-corrected chi connectivity index (χ2v) is 17.2.